The molecule has 11 heavy (non-hydrogen) atoms. The molecule has 1 nitrogen and oxygen atoms in total. The summed E-state index contributed by atoms with van der Waals surface area (Å²) >= 11 is 0. The summed E-state index contributed by atoms with van der Waals surface area (Å²) in [4.78, 5) is 0. The number of nitrogens with one attached hydrogen (secondary N) is 1. The van der Waals surface area contributed by atoms with Crippen LogP contribution in [0.1, 0.15) is 39.5 Å². The average Bonchev–Trinajstić information content (AvgIpc) is 2.31. The predicted molar refractivity (Wildman–Crippen MR) is 47.5 cm³/mol. The molecule has 0 aromatic carbocycles. The van der Waals surface area contributed by atoms with Crippen LogP contribution < -0.4 is 5.32 Å². The van der Waals surface area contributed by atoms with Gasteiger partial charge in [-0.3, -0.25) is 0 Å². The van der Waals surface area contributed by atoms with Crippen LogP contribution >= 0.6 is 0 Å². The molecule has 2 fully saturated rings. The van der Waals surface area contributed by atoms with Gasteiger partial charge in [0.05, 0.1) is 0 Å². The third-order valence-electron chi connectivity index (χ3n) is 3.60. The second-order valence-corrected chi connectivity index (χ2v) is 4.67. The number of hydrogen-bond acceptors (Lipinski definition) is 1. The van der Waals surface area contributed by atoms with Crippen molar-refractivity contribution in [2.75, 3.05) is 6.54 Å². The van der Waals surface area contributed by atoms with Gasteiger partial charge in [0.25, 0.3) is 0 Å². The molecule has 0 aromatic rings. The van der Waals surface area contributed by atoms with E-state index >= 15 is 0 Å². The first-order valence-corrected chi connectivity index (χ1v) is 4.98. The quantitative estimate of drug-likeness (QED) is 0.609. The first-order valence-electron chi connectivity index (χ1n) is 4.98. The second kappa shape index (κ2) is 2.48. The number of rotatable bonds is 1. The Labute approximate surface area is 69.6 Å². The summed E-state index contributed by atoms with van der Waals surface area (Å²) in [5.74, 6) is 0.835. The van der Waals surface area contributed by atoms with Crippen molar-refractivity contribution in [3.63, 3.8) is 0 Å². The van der Waals surface area contributed by atoms with Crippen LogP contribution in [0.3, 0.4) is 0 Å². The standard InChI is InChI=1S/C10H19N/c1-8(2)9-10(7-11-9)5-3-4-6-10/h8-9,11H,3-7H2,1-2H3. The van der Waals surface area contributed by atoms with E-state index in [0.29, 0.717) is 0 Å². The Balaban J connectivity index is 2.03. The van der Waals surface area contributed by atoms with Crippen molar-refractivity contribution in [1.82, 2.24) is 5.32 Å². The van der Waals surface area contributed by atoms with Crippen LogP contribution in [-0.4, -0.2) is 12.6 Å². The van der Waals surface area contributed by atoms with Gasteiger partial charge in [0, 0.05) is 12.6 Å². The molecule has 1 N–H and O–H groups in total. The van der Waals surface area contributed by atoms with E-state index in [2.05, 4.69) is 19.2 Å². The normalized spacial score (nSPS) is 34.6. The van der Waals surface area contributed by atoms with Crippen LogP contribution in [0.5, 0.6) is 0 Å². The summed E-state index contributed by atoms with van der Waals surface area (Å²) in [6, 6.07) is 0.838. The molecule has 0 bridgehead atoms. The van der Waals surface area contributed by atoms with Crippen molar-refractivity contribution in [2.45, 2.75) is 45.6 Å². The van der Waals surface area contributed by atoms with Crippen molar-refractivity contribution < 1.29 is 0 Å². The van der Waals surface area contributed by atoms with E-state index in [9.17, 15) is 0 Å². The van der Waals surface area contributed by atoms with E-state index < -0.39 is 0 Å². The Bertz CT molecular complexity index is 145. The highest BCUT2D eigenvalue weighted by molar-refractivity contribution is 5.05. The van der Waals surface area contributed by atoms with Gasteiger partial charge in [-0.1, -0.05) is 26.7 Å². The number of hydrogen-bond donors (Lipinski definition) is 1. The zero-order valence-electron chi connectivity index (χ0n) is 7.69. The van der Waals surface area contributed by atoms with Gasteiger partial charge < -0.3 is 5.32 Å². The van der Waals surface area contributed by atoms with Crippen LogP contribution in [-0.2, 0) is 0 Å². The van der Waals surface area contributed by atoms with Crippen molar-refractivity contribution in [1.29, 1.82) is 0 Å². The lowest BCUT2D eigenvalue weighted by Gasteiger charge is -2.50. The first kappa shape index (κ1) is 7.60. The van der Waals surface area contributed by atoms with E-state index in [1.54, 1.807) is 0 Å². The van der Waals surface area contributed by atoms with E-state index in [-0.39, 0.29) is 0 Å². The SMILES string of the molecule is CC(C)C1NCC12CCCC2. The van der Waals surface area contributed by atoms with Gasteiger partial charge in [-0.2, -0.15) is 0 Å². The van der Waals surface area contributed by atoms with Crippen molar-refractivity contribution >= 4 is 0 Å². The highest BCUT2D eigenvalue weighted by Gasteiger charge is 2.48. The van der Waals surface area contributed by atoms with Gasteiger partial charge in [0.1, 0.15) is 0 Å². The van der Waals surface area contributed by atoms with E-state index in [0.717, 1.165) is 17.4 Å². The maximum atomic E-state index is 3.58. The molecule has 1 atom stereocenters. The molecular weight excluding hydrogens is 134 g/mol. The third-order valence-corrected chi connectivity index (χ3v) is 3.60. The minimum absolute atomic E-state index is 0.744. The molecule has 1 saturated heterocycles. The predicted octanol–water partition coefficient (Wildman–Crippen LogP) is 2.17. The van der Waals surface area contributed by atoms with Gasteiger partial charge >= 0.3 is 0 Å². The van der Waals surface area contributed by atoms with E-state index in [1.165, 1.54) is 32.2 Å². The molecule has 1 saturated carbocycles. The maximum Gasteiger partial charge on any atom is 0.0159 e. The van der Waals surface area contributed by atoms with Crippen LogP contribution in [0.15, 0.2) is 0 Å². The third kappa shape index (κ3) is 1.01. The van der Waals surface area contributed by atoms with Gasteiger partial charge in [-0.05, 0) is 24.2 Å². The molecule has 2 rings (SSSR count). The van der Waals surface area contributed by atoms with E-state index in [4.69, 9.17) is 0 Å². The smallest absolute Gasteiger partial charge is 0.0159 e. The van der Waals surface area contributed by atoms with Crippen LogP contribution in [0.25, 0.3) is 0 Å². The summed E-state index contributed by atoms with van der Waals surface area (Å²) in [5.41, 5.74) is 0.744. The highest BCUT2D eigenvalue weighted by Crippen LogP contribution is 2.47. The lowest BCUT2D eigenvalue weighted by molar-refractivity contribution is 0.0558. The molecule has 1 aliphatic heterocycles. The molecule has 0 amide bonds. The minimum Gasteiger partial charge on any atom is -0.313 e. The zero-order chi connectivity index (χ0) is 7.90. The fraction of sp³-hybridized carbons (Fsp3) is 1.00. The molecule has 1 heteroatoms. The monoisotopic (exact) mass is 153 g/mol. The largest absolute Gasteiger partial charge is 0.313 e. The highest BCUT2D eigenvalue weighted by atomic mass is 15.1. The molecule has 1 aliphatic carbocycles. The van der Waals surface area contributed by atoms with Crippen LogP contribution in [0, 0.1) is 11.3 Å². The molecule has 1 spiro atoms. The fourth-order valence-electron chi connectivity index (χ4n) is 3.02. The average molecular weight is 153 g/mol. The van der Waals surface area contributed by atoms with Gasteiger partial charge in [0.15, 0.2) is 0 Å². The van der Waals surface area contributed by atoms with Crippen molar-refractivity contribution in [3.05, 3.63) is 0 Å². The molecule has 1 heterocycles. The molecule has 64 valence electrons. The van der Waals surface area contributed by atoms with Gasteiger partial charge in [-0.15, -0.1) is 0 Å². The Morgan fingerprint density at radius 2 is 1.91 bits per heavy atom. The molecular formula is C10H19N. The van der Waals surface area contributed by atoms with Gasteiger partial charge in [-0.25, -0.2) is 0 Å². The Morgan fingerprint density at radius 3 is 2.27 bits per heavy atom. The van der Waals surface area contributed by atoms with Crippen LogP contribution in [0.2, 0.25) is 0 Å². The molecule has 0 aromatic heterocycles. The maximum absolute atomic E-state index is 3.58. The summed E-state index contributed by atoms with van der Waals surface area (Å²) in [7, 11) is 0. The van der Waals surface area contributed by atoms with E-state index in [1.807, 2.05) is 0 Å². The van der Waals surface area contributed by atoms with Crippen LogP contribution in [0.4, 0.5) is 0 Å². The Kier molecular flexibility index (Phi) is 1.71. The summed E-state index contributed by atoms with van der Waals surface area (Å²) in [6.07, 6.45) is 5.93. The summed E-state index contributed by atoms with van der Waals surface area (Å²) in [5, 5.41) is 3.58. The molecule has 0 radical (unpaired) electrons. The first-order chi connectivity index (χ1) is 5.25. The molecule has 2 aliphatic rings. The van der Waals surface area contributed by atoms with Crippen molar-refractivity contribution in [3.8, 4) is 0 Å². The zero-order valence-corrected chi connectivity index (χ0v) is 7.69. The van der Waals surface area contributed by atoms with Gasteiger partial charge in [0.2, 0.25) is 0 Å². The Hall–Kier alpha value is -0.0400. The summed E-state index contributed by atoms with van der Waals surface area (Å²) in [6.45, 7) is 5.99. The minimum atomic E-state index is 0.744. The fourth-order valence-corrected chi connectivity index (χ4v) is 3.02. The Morgan fingerprint density at radius 1 is 1.27 bits per heavy atom. The topological polar surface area (TPSA) is 12.0 Å². The molecule has 1 unspecified atom stereocenters. The second-order valence-electron chi connectivity index (χ2n) is 4.67. The lowest BCUT2D eigenvalue weighted by Crippen LogP contribution is -2.63. The lowest BCUT2D eigenvalue weighted by atomic mass is 9.68. The van der Waals surface area contributed by atoms with Crippen molar-refractivity contribution in [2.24, 2.45) is 11.3 Å². The summed E-state index contributed by atoms with van der Waals surface area (Å²) < 4.78 is 0.